The summed E-state index contributed by atoms with van der Waals surface area (Å²) in [6, 6.07) is 19.8. The van der Waals surface area contributed by atoms with Crippen molar-refractivity contribution >= 4 is 51.9 Å². The first-order valence-corrected chi connectivity index (χ1v) is 11.8. The molecule has 9 nitrogen and oxygen atoms in total. The summed E-state index contributed by atoms with van der Waals surface area (Å²) in [7, 11) is 0. The van der Waals surface area contributed by atoms with E-state index < -0.39 is 12.0 Å². The lowest BCUT2D eigenvalue weighted by Gasteiger charge is -2.16. The molecule has 1 aliphatic heterocycles. The number of aliphatic hydroxyl groups excluding tert-OH is 1. The van der Waals surface area contributed by atoms with Crippen LogP contribution in [0.4, 0.5) is 11.5 Å². The third kappa shape index (κ3) is 5.12. The minimum atomic E-state index is -0.948. The number of anilines is 2. The molecule has 1 saturated heterocycles. The molecule has 1 atom stereocenters. The lowest BCUT2D eigenvalue weighted by Crippen LogP contribution is -2.29. The molecule has 3 amide bonds. The van der Waals surface area contributed by atoms with E-state index in [2.05, 4.69) is 15.3 Å². The van der Waals surface area contributed by atoms with E-state index in [0.29, 0.717) is 35.7 Å². The average molecular weight is 496 g/mol. The van der Waals surface area contributed by atoms with Gasteiger partial charge in [0, 0.05) is 41.4 Å². The summed E-state index contributed by atoms with van der Waals surface area (Å²) in [5, 5.41) is 13.2. The Balaban J connectivity index is 1.27. The molecule has 0 radical (unpaired) electrons. The number of benzene rings is 2. The van der Waals surface area contributed by atoms with Crippen molar-refractivity contribution in [2.75, 3.05) is 16.8 Å². The number of nitrogens with zero attached hydrogens (tertiary/aromatic N) is 2. The van der Waals surface area contributed by atoms with E-state index >= 15 is 0 Å². The van der Waals surface area contributed by atoms with Gasteiger partial charge in [-0.1, -0.05) is 42.5 Å². The first-order valence-electron chi connectivity index (χ1n) is 11.8. The summed E-state index contributed by atoms with van der Waals surface area (Å²) in [4.78, 5) is 45.8. The molecule has 1 aliphatic rings. The second-order valence-electron chi connectivity index (χ2n) is 8.81. The molecule has 4 aromatic rings. The highest BCUT2D eigenvalue weighted by Gasteiger charge is 2.30. The van der Waals surface area contributed by atoms with Gasteiger partial charge in [-0.05, 0) is 41.5 Å². The van der Waals surface area contributed by atoms with Crippen LogP contribution in [-0.4, -0.2) is 45.4 Å². The van der Waals surface area contributed by atoms with E-state index in [1.807, 2.05) is 36.4 Å². The molecular weight excluding hydrogens is 470 g/mol. The molecule has 2 aromatic carbocycles. The zero-order valence-electron chi connectivity index (χ0n) is 19.8. The van der Waals surface area contributed by atoms with E-state index in [9.17, 15) is 19.5 Å². The predicted octanol–water partition coefficient (Wildman–Crippen LogP) is 2.87. The number of aliphatic hydroxyl groups is 1. The van der Waals surface area contributed by atoms with Crippen LogP contribution in [0.2, 0.25) is 0 Å². The molecule has 0 spiro atoms. The second-order valence-corrected chi connectivity index (χ2v) is 8.81. The highest BCUT2D eigenvalue weighted by atomic mass is 16.3. The molecule has 0 bridgehead atoms. The van der Waals surface area contributed by atoms with Crippen molar-refractivity contribution in [1.29, 1.82) is 0 Å². The Kier molecular flexibility index (Phi) is 6.53. The Morgan fingerprint density at radius 2 is 1.86 bits per heavy atom. The lowest BCUT2D eigenvalue weighted by molar-refractivity contribution is -0.124. The number of hydrogen-bond donors (Lipinski definition) is 4. The standard InChI is InChI=1S/C28H25N5O4/c29-26(36)22(18-4-2-1-3-5-18)15-19-16-30-27-21(19)10-11-24(32-27)31-25(35)14-17-6-8-20(9-7-17)33-13-12-23(34)28(33)37/h1-11,15-16,23,34H,12-14H2,(H2,29,36)(H2,30,31,32,35). The van der Waals surface area contributed by atoms with Crippen molar-refractivity contribution < 1.29 is 19.5 Å². The van der Waals surface area contributed by atoms with E-state index in [-0.39, 0.29) is 18.2 Å². The number of primary amides is 1. The zero-order valence-corrected chi connectivity index (χ0v) is 19.8. The first kappa shape index (κ1) is 24.0. The van der Waals surface area contributed by atoms with Crippen LogP contribution in [0.3, 0.4) is 0 Å². The van der Waals surface area contributed by atoms with Crippen molar-refractivity contribution in [2.45, 2.75) is 18.9 Å². The number of carbonyl (C=O) groups is 3. The van der Waals surface area contributed by atoms with Gasteiger partial charge in [0.05, 0.1) is 6.42 Å². The molecule has 0 aliphatic carbocycles. The first-order chi connectivity index (χ1) is 17.9. The molecule has 186 valence electrons. The maximum absolute atomic E-state index is 12.6. The van der Waals surface area contributed by atoms with Crippen LogP contribution >= 0.6 is 0 Å². The average Bonchev–Trinajstić information content (AvgIpc) is 3.45. The van der Waals surface area contributed by atoms with Crippen molar-refractivity contribution in [1.82, 2.24) is 9.97 Å². The number of aromatic nitrogens is 2. The molecule has 37 heavy (non-hydrogen) atoms. The summed E-state index contributed by atoms with van der Waals surface area (Å²) < 4.78 is 0. The maximum Gasteiger partial charge on any atom is 0.255 e. The number of H-pyrrole nitrogens is 1. The SMILES string of the molecule is NC(=O)C(=Cc1c[nH]c2nc(NC(=O)Cc3ccc(N4CCC(O)C4=O)cc3)ccc12)c1ccccc1. The van der Waals surface area contributed by atoms with Gasteiger partial charge in [0.1, 0.15) is 17.6 Å². The highest BCUT2D eigenvalue weighted by Crippen LogP contribution is 2.25. The Morgan fingerprint density at radius 1 is 1.11 bits per heavy atom. The van der Waals surface area contributed by atoms with Crippen LogP contribution in [-0.2, 0) is 20.8 Å². The van der Waals surface area contributed by atoms with Crippen LogP contribution < -0.4 is 16.0 Å². The van der Waals surface area contributed by atoms with E-state index in [1.54, 1.807) is 47.5 Å². The summed E-state index contributed by atoms with van der Waals surface area (Å²) >= 11 is 0. The Hall–Kier alpha value is -4.76. The Morgan fingerprint density at radius 3 is 2.54 bits per heavy atom. The van der Waals surface area contributed by atoms with Gasteiger partial charge in [-0.2, -0.15) is 0 Å². The molecule has 5 rings (SSSR count). The van der Waals surface area contributed by atoms with Crippen LogP contribution in [0.15, 0.2) is 72.9 Å². The molecule has 9 heteroatoms. The van der Waals surface area contributed by atoms with Gasteiger partial charge in [-0.25, -0.2) is 4.98 Å². The molecular formula is C28H25N5O4. The summed E-state index contributed by atoms with van der Waals surface area (Å²) in [6.45, 7) is 0.473. The predicted molar refractivity (Wildman–Crippen MR) is 141 cm³/mol. The molecule has 3 heterocycles. The number of fused-ring (bicyclic) bond motifs is 1. The number of hydrogen-bond acceptors (Lipinski definition) is 5. The van der Waals surface area contributed by atoms with Gasteiger partial charge in [0.25, 0.3) is 5.91 Å². The summed E-state index contributed by atoms with van der Waals surface area (Å²) in [6.07, 6.45) is 3.06. The molecule has 1 fully saturated rings. The number of aromatic amines is 1. The Labute approximate surface area is 212 Å². The van der Waals surface area contributed by atoms with Gasteiger partial charge in [0.2, 0.25) is 11.8 Å². The highest BCUT2D eigenvalue weighted by molar-refractivity contribution is 6.24. The smallest absolute Gasteiger partial charge is 0.255 e. The van der Waals surface area contributed by atoms with E-state index in [0.717, 1.165) is 22.1 Å². The minimum absolute atomic E-state index is 0.133. The number of carbonyl (C=O) groups excluding carboxylic acids is 3. The Bertz CT molecular complexity index is 1510. The third-order valence-corrected chi connectivity index (χ3v) is 6.28. The van der Waals surface area contributed by atoms with Gasteiger partial charge < -0.3 is 26.0 Å². The second kappa shape index (κ2) is 10.1. The fourth-order valence-corrected chi connectivity index (χ4v) is 4.37. The van der Waals surface area contributed by atoms with E-state index in [4.69, 9.17) is 5.73 Å². The summed E-state index contributed by atoms with van der Waals surface area (Å²) in [5.41, 5.74) is 9.51. The summed E-state index contributed by atoms with van der Waals surface area (Å²) in [5.74, 6) is -0.684. The van der Waals surface area contributed by atoms with Crippen molar-refractivity contribution in [3.05, 3.63) is 89.6 Å². The van der Waals surface area contributed by atoms with Gasteiger partial charge in [0.15, 0.2) is 0 Å². The number of nitrogens with one attached hydrogen (secondary N) is 2. The van der Waals surface area contributed by atoms with Gasteiger partial charge in [-0.15, -0.1) is 0 Å². The van der Waals surface area contributed by atoms with Crippen LogP contribution in [0.25, 0.3) is 22.7 Å². The van der Waals surface area contributed by atoms with Crippen LogP contribution in [0, 0.1) is 0 Å². The molecule has 0 saturated carbocycles. The largest absolute Gasteiger partial charge is 0.383 e. The normalized spacial score (nSPS) is 15.8. The molecule has 5 N–H and O–H groups in total. The fourth-order valence-electron chi connectivity index (χ4n) is 4.37. The number of amides is 3. The van der Waals surface area contributed by atoms with Crippen molar-refractivity contribution in [3.63, 3.8) is 0 Å². The molecule has 2 aromatic heterocycles. The number of pyridine rings is 1. The van der Waals surface area contributed by atoms with Crippen molar-refractivity contribution in [3.8, 4) is 0 Å². The zero-order chi connectivity index (χ0) is 25.9. The quantitative estimate of drug-likeness (QED) is 0.292. The van der Waals surface area contributed by atoms with Crippen LogP contribution in [0.5, 0.6) is 0 Å². The maximum atomic E-state index is 12.6. The topological polar surface area (TPSA) is 141 Å². The minimum Gasteiger partial charge on any atom is -0.383 e. The lowest BCUT2D eigenvalue weighted by atomic mass is 10.0. The number of rotatable bonds is 7. The number of nitrogens with two attached hydrogens (primary N) is 1. The van der Waals surface area contributed by atoms with Crippen LogP contribution in [0.1, 0.15) is 23.1 Å². The molecule has 1 unspecified atom stereocenters. The van der Waals surface area contributed by atoms with E-state index in [1.165, 1.54) is 0 Å². The third-order valence-electron chi connectivity index (χ3n) is 6.28. The fraction of sp³-hybridized carbons (Fsp3) is 0.143. The monoisotopic (exact) mass is 495 g/mol. The van der Waals surface area contributed by atoms with Crippen molar-refractivity contribution in [2.24, 2.45) is 5.73 Å². The van der Waals surface area contributed by atoms with Gasteiger partial charge >= 0.3 is 0 Å². The van der Waals surface area contributed by atoms with Gasteiger partial charge in [-0.3, -0.25) is 14.4 Å².